The van der Waals surface area contributed by atoms with E-state index in [2.05, 4.69) is 0 Å². The largest absolute Gasteiger partial charge is 0.457 e. The Hall–Kier alpha value is 4.81. The molecule has 0 fully saturated rings. The zero-order valence-electron chi connectivity index (χ0n) is 5.72. The monoisotopic (exact) mass is 458 g/mol. The van der Waals surface area contributed by atoms with Gasteiger partial charge in [-0.1, -0.05) is 0 Å². The van der Waals surface area contributed by atoms with Crippen molar-refractivity contribution in [2.75, 3.05) is 0 Å². The van der Waals surface area contributed by atoms with Gasteiger partial charge in [0.1, 0.15) is 0 Å². The standard InChI is InChI=1S/C2H6OSi2.4Y/c1-4-3-5-2;;;;/h1-2H3;;;;. The minimum Gasteiger partial charge on any atom is -0.457 e. The first-order valence-electron chi connectivity index (χ1n) is 1.41. The van der Waals surface area contributed by atoms with Crippen molar-refractivity contribution in [2.45, 2.75) is 13.1 Å². The topological polar surface area (TPSA) is 9.23 Å². The molecule has 8 radical (unpaired) electrons. The van der Waals surface area contributed by atoms with Gasteiger partial charge in [0, 0.05) is 131 Å². The van der Waals surface area contributed by atoms with E-state index in [0.717, 1.165) is 0 Å². The van der Waals surface area contributed by atoms with Crippen LogP contribution in [0.25, 0.3) is 0 Å². The van der Waals surface area contributed by atoms with E-state index in [1.807, 2.05) is 13.1 Å². The molecule has 0 aromatic heterocycles. The van der Waals surface area contributed by atoms with Gasteiger partial charge in [0.15, 0.2) is 0 Å². The van der Waals surface area contributed by atoms with Crippen molar-refractivity contribution >= 4 is 19.5 Å². The summed E-state index contributed by atoms with van der Waals surface area (Å²) in [5.41, 5.74) is 0. The number of rotatable bonds is 2. The molecular formula is C2H6OSi2Y4. The summed E-state index contributed by atoms with van der Waals surface area (Å²) in [6.45, 7) is 4.05. The predicted octanol–water partition coefficient (Wildman–Crippen LogP) is 0.328. The Morgan fingerprint density at radius 2 is 1.00 bits per heavy atom. The molecule has 0 aliphatic rings. The summed E-state index contributed by atoms with van der Waals surface area (Å²) >= 11 is 0. The van der Waals surface area contributed by atoms with Crippen LogP contribution in [0.2, 0.25) is 13.1 Å². The average molecular weight is 458 g/mol. The second kappa shape index (κ2) is 29.3. The second-order valence-corrected chi connectivity index (χ2v) is 2.14. The van der Waals surface area contributed by atoms with Gasteiger partial charge >= 0.3 is 0 Å². The van der Waals surface area contributed by atoms with Gasteiger partial charge in [-0.2, -0.15) is 0 Å². The Bertz CT molecular complexity index is 24.0. The van der Waals surface area contributed by atoms with Crippen LogP contribution in [0.3, 0.4) is 0 Å². The molecule has 0 bridgehead atoms. The SMILES string of the molecule is C[Si]O[Si]C.[Y].[Y].[Y].[Y]. The van der Waals surface area contributed by atoms with Crippen molar-refractivity contribution in [2.24, 2.45) is 0 Å². The van der Waals surface area contributed by atoms with Crippen LogP contribution in [0.5, 0.6) is 0 Å². The van der Waals surface area contributed by atoms with E-state index in [4.69, 9.17) is 4.12 Å². The number of hydrogen-bond donors (Lipinski definition) is 0. The molecular weight excluding hydrogens is 452 g/mol. The Morgan fingerprint density at radius 1 is 0.778 bits per heavy atom. The third-order valence-electron chi connectivity index (χ3n) is 0.204. The molecule has 0 aliphatic heterocycles. The molecule has 0 saturated carbocycles. The van der Waals surface area contributed by atoms with Gasteiger partial charge in [-0.25, -0.2) is 0 Å². The quantitative estimate of drug-likeness (QED) is 0.543. The van der Waals surface area contributed by atoms with Crippen LogP contribution in [0.1, 0.15) is 0 Å². The maximum absolute atomic E-state index is 4.89. The van der Waals surface area contributed by atoms with Crippen LogP contribution in [-0.2, 0) is 135 Å². The molecule has 0 heterocycles. The van der Waals surface area contributed by atoms with Crippen LogP contribution in [0.4, 0.5) is 0 Å². The first-order chi connectivity index (χ1) is 2.41. The third-order valence-corrected chi connectivity index (χ3v) is 1.84. The molecule has 0 saturated heterocycles. The minimum absolute atomic E-state index is 0. The Balaban J connectivity index is -0.0000000133. The predicted molar refractivity (Wildman–Crippen MR) is 24.3 cm³/mol. The van der Waals surface area contributed by atoms with Gasteiger partial charge in [-0.15, -0.1) is 0 Å². The molecule has 0 aromatic rings. The van der Waals surface area contributed by atoms with Crippen LogP contribution in [0, 0.1) is 0 Å². The fourth-order valence-corrected chi connectivity index (χ4v) is 0.919. The van der Waals surface area contributed by atoms with E-state index in [1.54, 1.807) is 0 Å². The average Bonchev–Trinajstić information content (AvgIpc) is 1.41. The molecule has 9 heavy (non-hydrogen) atoms. The summed E-state index contributed by atoms with van der Waals surface area (Å²) in [5, 5.41) is 0. The van der Waals surface area contributed by atoms with Gasteiger partial charge in [0.25, 0.3) is 0 Å². The van der Waals surface area contributed by atoms with E-state index < -0.39 is 0 Å². The summed E-state index contributed by atoms with van der Waals surface area (Å²) in [5.74, 6) is 0. The fourth-order valence-electron chi connectivity index (χ4n) is 0.102. The summed E-state index contributed by atoms with van der Waals surface area (Å²) in [6, 6.07) is 0. The normalized spacial score (nSPS) is 4.67. The Labute approximate surface area is 163 Å². The first kappa shape index (κ1) is 29.2. The molecule has 1 nitrogen and oxygen atoms in total. The molecule has 0 unspecified atom stereocenters. The zero-order chi connectivity index (χ0) is 4.12. The van der Waals surface area contributed by atoms with E-state index in [-0.39, 0.29) is 131 Å². The Morgan fingerprint density at radius 3 is 1.00 bits per heavy atom. The molecule has 0 spiro atoms. The second-order valence-electron chi connectivity index (χ2n) is 0.510. The summed E-state index contributed by atoms with van der Waals surface area (Å²) in [7, 11) is 1.34. The summed E-state index contributed by atoms with van der Waals surface area (Å²) in [4.78, 5) is 0. The van der Waals surface area contributed by atoms with Gasteiger partial charge in [0.2, 0.25) is 19.5 Å². The molecule has 0 N–H and O–H groups in total. The molecule has 7 heteroatoms. The summed E-state index contributed by atoms with van der Waals surface area (Å²) < 4.78 is 4.89. The molecule has 0 aromatic carbocycles. The van der Waals surface area contributed by atoms with Crippen LogP contribution >= 0.6 is 0 Å². The molecule has 40 valence electrons. The Kier molecular flexibility index (Phi) is 95.0. The van der Waals surface area contributed by atoms with Crippen molar-refractivity contribution in [1.82, 2.24) is 0 Å². The smallest absolute Gasteiger partial charge is 0.211 e. The van der Waals surface area contributed by atoms with Crippen molar-refractivity contribution in [3.63, 3.8) is 0 Å². The van der Waals surface area contributed by atoms with Gasteiger partial charge in [-0.05, 0) is 13.1 Å². The fraction of sp³-hybridized carbons (Fsp3) is 1.00. The van der Waals surface area contributed by atoms with Crippen molar-refractivity contribution in [1.29, 1.82) is 0 Å². The van der Waals surface area contributed by atoms with E-state index >= 15 is 0 Å². The molecule has 0 aliphatic carbocycles. The third kappa shape index (κ3) is 32.3. The van der Waals surface area contributed by atoms with E-state index in [0.29, 0.717) is 19.5 Å². The van der Waals surface area contributed by atoms with Crippen molar-refractivity contribution in [3.8, 4) is 0 Å². The van der Waals surface area contributed by atoms with Crippen LogP contribution < -0.4 is 0 Å². The number of hydrogen-bond acceptors (Lipinski definition) is 1. The van der Waals surface area contributed by atoms with Crippen molar-refractivity contribution in [3.05, 3.63) is 0 Å². The van der Waals surface area contributed by atoms with Crippen LogP contribution in [-0.4, -0.2) is 19.5 Å². The maximum atomic E-state index is 4.89. The van der Waals surface area contributed by atoms with E-state index in [9.17, 15) is 0 Å². The summed E-state index contributed by atoms with van der Waals surface area (Å²) in [6.07, 6.45) is 0. The molecule has 0 amide bonds. The van der Waals surface area contributed by atoms with Gasteiger partial charge < -0.3 is 4.12 Å². The minimum atomic E-state index is 0. The van der Waals surface area contributed by atoms with Gasteiger partial charge in [-0.3, -0.25) is 0 Å². The van der Waals surface area contributed by atoms with Crippen LogP contribution in [0.15, 0.2) is 0 Å². The maximum Gasteiger partial charge on any atom is 0.211 e. The van der Waals surface area contributed by atoms with Gasteiger partial charge in [0.05, 0.1) is 0 Å². The van der Waals surface area contributed by atoms with E-state index in [1.165, 1.54) is 0 Å². The molecule has 0 atom stereocenters. The zero-order valence-corrected chi connectivity index (χ0v) is 19.1. The first-order valence-corrected chi connectivity index (χ1v) is 4.22. The molecule has 0 rings (SSSR count). The van der Waals surface area contributed by atoms with Crippen molar-refractivity contribution < 1.29 is 135 Å².